The molecule has 0 aromatic heterocycles. The highest BCUT2D eigenvalue weighted by molar-refractivity contribution is 5.90. The zero-order chi connectivity index (χ0) is 21.7. The summed E-state index contributed by atoms with van der Waals surface area (Å²) in [5.74, 6) is 0.565. The molecule has 0 spiro atoms. The summed E-state index contributed by atoms with van der Waals surface area (Å²) >= 11 is 0. The van der Waals surface area contributed by atoms with Crippen LogP contribution in [0.3, 0.4) is 0 Å². The van der Waals surface area contributed by atoms with Gasteiger partial charge in [-0.05, 0) is 32.0 Å². The zero-order valence-corrected chi connectivity index (χ0v) is 18.1. The van der Waals surface area contributed by atoms with Crippen molar-refractivity contribution in [2.45, 2.75) is 46.3 Å². The predicted molar refractivity (Wildman–Crippen MR) is 112 cm³/mol. The molecule has 0 bridgehead atoms. The van der Waals surface area contributed by atoms with Gasteiger partial charge in [-0.3, -0.25) is 9.59 Å². The fourth-order valence-electron chi connectivity index (χ4n) is 3.18. The Morgan fingerprint density at radius 3 is 2.66 bits per heavy atom. The van der Waals surface area contributed by atoms with Crippen LogP contribution in [0.1, 0.15) is 33.3 Å². The molecule has 0 saturated heterocycles. The van der Waals surface area contributed by atoms with E-state index in [9.17, 15) is 14.4 Å². The molecule has 1 aliphatic rings. The summed E-state index contributed by atoms with van der Waals surface area (Å²) < 4.78 is 6.27. The third-order valence-electron chi connectivity index (χ3n) is 4.97. The van der Waals surface area contributed by atoms with Crippen molar-refractivity contribution in [1.29, 1.82) is 0 Å². The van der Waals surface area contributed by atoms with Crippen LogP contribution in [0.15, 0.2) is 18.2 Å². The monoisotopic (exact) mass is 404 g/mol. The van der Waals surface area contributed by atoms with Crippen LogP contribution in [-0.4, -0.2) is 67.0 Å². The van der Waals surface area contributed by atoms with Crippen LogP contribution < -0.4 is 15.4 Å². The van der Waals surface area contributed by atoms with E-state index in [1.807, 2.05) is 20.8 Å². The SMILES string of the molecule is CC(=O)N(C)C[C@H]1Oc2ccc(NC(=O)NC(C)C)cc2CC(=O)N(C)C[C@H]1C. The van der Waals surface area contributed by atoms with E-state index in [1.165, 1.54) is 6.92 Å². The largest absolute Gasteiger partial charge is 0.488 e. The number of ether oxygens (including phenoxy) is 1. The van der Waals surface area contributed by atoms with E-state index in [4.69, 9.17) is 4.74 Å². The third kappa shape index (κ3) is 6.37. The van der Waals surface area contributed by atoms with Crippen molar-refractivity contribution in [1.82, 2.24) is 15.1 Å². The lowest BCUT2D eigenvalue weighted by Gasteiger charge is -2.30. The molecule has 0 saturated carbocycles. The minimum absolute atomic E-state index is 0.0157. The number of urea groups is 1. The van der Waals surface area contributed by atoms with Crippen LogP contribution in [0.5, 0.6) is 5.75 Å². The van der Waals surface area contributed by atoms with Gasteiger partial charge in [-0.15, -0.1) is 0 Å². The Morgan fingerprint density at radius 2 is 2.03 bits per heavy atom. The van der Waals surface area contributed by atoms with Gasteiger partial charge in [0, 0.05) is 50.8 Å². The van der Waals surface area contributed by atoms with Crippen molar-refractivity contribution in [3.05, 3.63) is 23.8 Å². The molecule has 0 fully saturated rings. The molecule has 1 aromatic carbocycles. The van der Waals surface area contributed by atoms with Gasteiger partial charge in [0.1, 0.15) is 11.9 Å². The maximum atomic E-state index is 12.7. The summed E-state index contributed by atoms with van der Waals surface area (Å²) in [6, 6.07) is 5.00. The first kappa shape index (κ1) is 22.5. The van der Waals surface area contributed by atoms with Crippen molar-refractivity contribution >= 4 is 23.5 Å². The highest BCUT2D eigenvalue weighted by Crippen LogP contribution is 2.28. The molecule has 4 amide bonds. The average Bonchev–Trinajstić information content (AvgIpc) is 2.64. The molecule has 0 aliphatic carbocycles. The maximum Gasteiger partial charge on any atom is 0.319 e. The first-order valence-electron chi connectivity index (χ1n) is 9.89. The number of carbonyl (C=O) groups excluding carboxylic acids is 3. The van der Waals surface area contributed by atoms with Crippen molar-refractivity contribution in [3.63, 3.8) is 0 Å². The molecule has 1 aliphatic heterocycles. The Labute approximate surface area is 172 Å². The molecule has 160 valence electrons. The van der Waals surface area contributed by atoms with E-state index in [0.717, 1.165) is 0 Å². The van der Waals surface area contributed by atoms with Crippen LogP contribution in [0.25, 0.3) is 0 Å². The molecule has 1 aromatic rings. The summed E-state index contributed by atoms with van der Waals surface area (Å²) in [6.45, 7) is 8.25. The molecular weight excluding hydrogens is 372 g/mol. The lowest BCUT2D eigenvalue weighted by Crippen LogP contribution is -2.43. The fourth-order valence-corrected chi connectivity index (χ4v) is 3.18. The van der Waals surface area contributed by atoms with Crippen molar-refractivity contribution < 1.29 is 19.1 Å². The number of fused-ring (bicyclic) bond motifs is 1. The normalized spacial score (nSPS) is 19.4. The van der Waals surface area contributed by atoms with E-state index in [0.29, 0.717) is 30.1 Å². The first-order chi connectivity index (χ1) is 13.6. The smallest absolute Gasteiger partial charge is 0.319 e. The second-order valence-electron chi connectivity index (χ2n) is 8.06. The van der Waals surface area contributed by atoms with Crippen LogP contribution in [0.2, 0.25) is 0 Å². The first-order valence-corrected chi connectivity index (χ1v) is 9.89. The van der Waals surface area contributed by atoms with Gasteiger partial charge in [0.2, 0.25) is 11.8 Å². The zero-order valence-electron chi connectivity index (χ0n) is 18.1. The Bertz CT molecular complexity index is 765. The second kappa shape index (κ2) is 9.62. The third-order valence-corrected chi connectivity index (χ3v) is 4.97. The number of hydrogen-bond acceptors (Lipinski definition) is 4. The molecule has 29 heavy (non-hydrogen) atoms. The number of benzene rings is 1. The number of carbonyl (C=O) groups is 3. The number of likely N-dealkylation sites (N-methyl/N-ethyl adjacent to an activating group) is 2. The Balaban J connectivity index is 2.31. The maximum absolute atomic E-state index is 12.7. The fraction of sp³-hybridized carbons (Fsp3) is 0.571. The van der Waals surface area contributed by atoms with Gasteiger partial charge in [-0.2, -0.15) is 0 Å². The lowest BCUT2D eigenvalue weighted by molar-refractivity contribution is -0.131. The standard InChI is InChI=1S/C21H32N4O4/c1-13(2)22-21(28)23-17-7-8-18-16(9-17)10-20(27)25(6)11-14(3)19(29-18)12-24(5)15(4)26/h7-9,13-14,19H,10-12H2,1-6H3,(H2,22,23,28)/t14-,19-/m1/s1. The minimum atomic E-state index is -0.304. The van der Waals surface area contributed by atoms with Gasteiger partial charge in [-0.1, -0.05) is 6.92 Å². The summed E-state index contributed by atoms with van der Waals surface area (Å²) in [6.07, 6.45) is -0.0890. The summed E-state index contributed by atoms with van der Waals surface area (Å²) in [7, 11) is 3.51. The molecule has 2 atom stereocenters. The molecule has 8 heteroatoms. The van der Waals surface area contributed by atoms with Crippen LogP contribution in [0.4, 0.5) is 10.5 Å². The molecular formula is C21H32N4O4. The van der Waals surface area contributed by atoms with E-state index < -0.39 is 0 Å². The number of rotatable bonds is 4. The highest BCUT2D eigenvalue weighted by Gasteiger charge is 2.28. The molecule has 0 unspecified atom stereocenters. The average molecular weight is 405 g/mol. The van der Waals surface area contributed by atoms with Crippen molar-refractivity contribution in [2.75, 3.05) is 32.5 Å². The minimum Gasteiger partial charge on any atom is -0.488 e. The van der Waals surface area contributed by atoms with E-state index in [-0.39, 0.29) is 42.3 Å². The number of nitrogens with zero attached hydrogens (tertiary/aromatic N) is 2. The molecule has 8 nitrogen and oxygen atoms in total. The van der Waals surface area contributed by atoms with Gasteiger partial charge >= 0.3 is 6.03 Å². The molecule has 0 radical (unpaired) electrons. The van der Waals surface area contributed by atoms with E-state index >= 15 is 0 Å². The lowest BCUT2D eigenvalue weighted by atomic mass is 10.0. The molecule has 1 heterocycles. The van der Waals surface area contributed by atoms with Crippen molar-refractivity contribution in [2.24, 2.45) is 5.92 Å². The highest BCUT2D eigenvalue weighted by atomic mass is 16.5. The van der Waals surface area contributed by atoms with Crippen LogP contribution in [0, 0.1) is 5.92 Å². The summed E-state index contributed by atoms with van der Waals surface area (Å²) in [4.78, 5) is 39.6. The Morgan fingerprint density at radius 1 is 1.34 bits per heavy atom. The summed E-state index contributed by atoms with van der Waals surface area (Å²) in [5, 5.41) is 5.56. The topological polar surface area (TPSA) is 91.0 Å². The number of nitrogens with one attached hydrogen (secondary N) is 2. The number of amides is 4. The number of hydrogen-bond donors (Lipinski definition) is 2. The van der Waals surface area contributed by atoms with Crippen LogP contribution >= 0.6 is 0 Å². The van der Waals surface area contributed by atoms with Gasteiger partial charge < -0.3 is 25.2 Å². The molecule has 2 N–H and O–H groups in total. The van der Waals surface area contributed by atoms with E-state index in [1.54, 1.807) is 42.1 Å². The molecule has 2 rings (SSSR count). The van der Waals surface area contributed by atoms with Gasteiger partial charge in [0.15, 0.2) is 0 Å². The van der Waals surface area contributed by atoms with Gasteiger partial charge in [-0.25, -0.2) is 4.79 Å². The summed E-state index contributed by atoms with van der Waals surface area (Å²) in [5.41, 5.74) is 1.29. The van der Waals surface area contributed by atoms with Crippen molar-refractivity contribution in [3.8, 4) is 5.75 Å². The van der Waals surface area contributed by atoms with Gasteiger partial charge in [0.25, 0.3) is 0 Å². The predicted octanol–water partition coefficient (Wildman–Crippen LogP) is 2.09. The van der Waals surface area contributed by atoms with Crippen LogP contribution in [-0.2, 0) is 16.0 Å². The Hall–Kier alpha value is -2.77. The number of anilines is 1. The quantitative estimate of drug-likeness (QED) is 0.804. The Kier molecular flexibility index (Phi) is 7.47. The second-order valence-corrected chi connectivity index (χ2v) is 8.06. The van der Waals surface area contributed by atoms with E-state index in [2.05, 4.69) is 10.6 Å². The van der Waals surface area contributed by atoms with Gasteiger partial charge in [0.05, 0.1) is 13.0 Å².